The van der Waals surface area contributed by atoms with Gasteiger partial charge >= 0.3 is 0 Å². The van der Waals surface area contributed by atoms with Crippen LogP contribution in [0.1, 0.15) is 0 Å². The first-order chi connectivity index (χ1) is 23.0. The molecule has 0 N–H and O–H groups in total. The first-order valence-corrected chi connectivity index (χ1v) is 16.9. The van der Waals surface area contributed by atoms with Crippen molar-refractivity contribution in [2.45, 2.75) is 0 Å². The molecule has 0 spiro atoms. The van der Waals surface area contributed by atoms with E-state index in [0.29, 0.717) is 10.0 Å². The second-order valence-electron chi connectivity index (χ2n) is 11.5. The highest BCUT2D eigenvalue weighted by atomic mass is 79.9. The van der Waals surface area contributed by atoms with Gasteiger partial charge in [0.15, 0.2) is 0 Å². The van der Waals surface area contributed by atoms with Crippen LogP contribution in [-0.4, -0.2) is 4.57 Å². The number of hydrogen-bond acceptors (Lipinski definition) is 1. The number of benzene rings is 7. The Bertz CT molecular complexity index is 2300. The van der Waals surface area contributed by atoms with Crippen molar-refractivity contribution in [2.75, 3.05) is 4.90 Å². The smallest absolute Gasteiger partial charge is 0.0547 e. The summed E-state index contributed by atoms with van der Waals surface area (Å²) in [6, 6.07) is 57.2. The van der Waals surface area contributed by atoms with Gasteiger partial charge in [-0.15, -0.1) is 0 Å². The van der Waals surface area contributed by atoms with E-state index in [2.05, 4.69) is 141 Å². The van der Waals surface area contributed by atoms with Gasteiger partial charge in [0.05, 0.1) is 11.0 Å². The monoisotopic (exact) mass is 708 g/mol. The molecule has 1 aromatic heterocycles. The predicted octanol–water partition coefficient (Wildman–Crippen LogP) is 13.7. The maximum atomic E-state index is 6.23. The van der Waals surface area contributed by atoms with Crippen LogP contribution in [0.25, 0.3) is 49.7 Å². The highest BCUT2D eigenvalue weighted by Crippen LogP contribution is 2.39. The Hall–Kier alpha value is -4.80. The Kier molecular flexibility index (Phi) is 7.82. The largest absolute Gasteiger partial charge is 0.311 e. The summed E-state index contributed by atoms with van der Waals surface area (Å²) in [4.78, 5) is 2.20. The average molecular weight is 711 g/mol. The van der Waals surface area contributed by atoms with Crippen LogP contribution in [0.5, 0.6) is 0 Å². The lowest BCUT2D eigenvalue weighted by molar-refractivity contribution is 1.18. The first kappa shape index (κ1) is 29.6. The van der Waals surface area contributed by atoms with Crippen LogP contribution in [0.2, 0.25) is 10.0 Å². The van der Waals surface area contributed by atoms with E-state index in [-0.39, 0.29) is 0 Å². The number of rotatable bonds is 6. The van der Waals surface area contributed by atoms with E-state index in [1.165, 1.54) is 32.9 Å². The van der Waals surface area contributed by atoms with Gasteiger partial charge in [0.2, 0.25) is 0 Å². The molecule has 226 valence electrons. The zero-order valence-electron chi connectivity index (χ0n) is 25.1. The Morgan fingerprint density at radius 1 is 0.426 bits per heavy atom. The quantitative estimate of drug-likeness (QED) is 0.167. The summed E-state index contributed by atoms with van der Waals surface area (Å²) in [6.45, 7) is 0. The maximum Gasteiger partial charge on any atom is 0.0547 e. The van der Waals surface area contributed by atoms with E-state index in [9.17, 15) is 0 Å². The molecule has 0 amide bonds. The lowest BCUT2D eigenvalue weighted by atomic mass is 10.0. The van der Waals surface area contributed by atoms with E-state index in [1.54, 1.807) is 0 Å². The highest BCUT2D eigenvalue weighted by Gasteiger charge is 2.15. The van der Waals surface area contributed by atoms with E-state index in [1.807, 2.05) is 48.5 Å². The van der Waals surface area contributed by atoms with Crippen LogP contribution in [0.4, 0.5) is 17.1 Å². The predicted molar refractivity (Wildman–Crippen MR) is 204 cm³/mol. The van der Waals surface area contributed by atoms with Gasteiger partial charge in [-0.3, -0.25) is 0 Å². The third kappa shape index (κ3) is 5.72. The fourth-order valence-corrected chi connectivity index (χ4v) is 6.82. The van der Waals surface area contributed by atoms with E-state index in [0.717, 1.165) is 38.3 Å². The fraction of sp³-hybridized carbons (Fsp3) is 0. The Morgan fingerprint density at radius 2 is 0.872 bits per heavy atom. The molecular formula is C42H27BrCl2N2. The standard InChI is InChI=1S/C42H27BrCl2N2/c43-32-12-5-28(6-13-32)29-7-20-38(21-8-29)47-41-4-2-1-3-39(41)40-26-11-31(27-42(40)47)30-9-18-35(19-10-30)46(36-22-14-33(44)15-23-36)37-24-16-34(45)17-25-37/h1-27H. The number of para-hydroxylation sites is 1. The third-order valence-corrected chi connectivity index (χ3v) is 9.64. The molecule has 0 aliphatic rings. The lowest BCUT2D eigenvalue weighted by Gasteiger charge is -2.25. The van der Waals surface area contributed by atoms with Gasteiger partial charge in [0, 0.05) is 48.0 Å². The summed E-state index contributed by atoms with van der Waals surface area (Å²) in [7, 11) is 0. The van der Waals surface area contributed by atoms with Gasteiger partial charge in [0.1, 0.15) is 0 Å². The molecule has 5 heteroatoms. The zero-order chi connectivity index (χ0) is 31.9. The van der Waals surface area contributed by atoms with Gasteiger partial charge in [-0.05, 0) is 119 Å². The van der Waals surface area contributed by atoms with E-state index >= 15 is 0 Å². The SMILES string of the molecule is Clc1ccc(N(c2ccc(Cl)cc2)c2ccc(-c3ccc4c5ccccc5n(-c5ccc(-c6ccc(Br)cc6)cc5)c4c3)cc2)cc1. The molecule has 0 saturated carbocycles. The molecule has 0 fully saturated rings. The van der Waals surface area contributed by atoms with Gasteiger partial charge in [0.25, 0.3) is 0 Å². The van der Waals surface area contributed by atoms with Crippen molar-refractivity contribution in [1.29, 1.82) is 0 Å². The molecular weight excluding hydrogens is 683 g/mol. The lowest BCUT2D eigenvalue weighted by Crippen LogP contribution is -2.09. The number of hydrogen-bond donors (Lipinski definition) is 0. The second kappa shape index (κ2) is 12.4. The van der Waals surface area contributed by atoms with Crippen LogP contribution in [0.3, 0.4) is 0 Å². The summed E-state index contributed by atoms with van der Waals surface area (Å²) in [5, 5.41) is 3.87. The molecule has 0 bridgehead atoms. The van der Waals surface area contributed by atoms with Crippen molar-refractivity contribution >= 4 is 78.0 Å². The Balaban J connectivity index is 1.19. The molecule has 0 saturated heterocycles. The van der Waals surface area contributed by atoms with Gasteiger partial charge in [-0.1, -0.05) is 106 Å². The van der Waals surface area contributed by atoms with E-state index in [4.69, 9.17) is 23.2 Å². The third-order valence-electron chi connectivity index (χ3n) is 8.61. The van der Waals surface area contributed by atoms with Crippen LogP contribution in [0, 0.1) is 0 Å². The van der Waals surface area contributed by atoms with Crippen LogP contribution >= 0.6 is 39.1 Å². The number of halogens is 3. The molecule has 0 radical (unpaired) electrons. The molecule has 0 atom stereocenters. The van der Waals surface area contributed by atoms with Crippen LogP contribution < -0.4 is 4.90 Å². The summed E-state index contributed by atoms with van der Waals surface area (Å²) in [6.07, 6.45) is 0. The molecule has 0 aliphatic heterocycles. The highest BCUT2D eigenvalue weighted by molar-refractivity contribution is 9.10. The second-order valence-corrected chi connectivity index (χ2v) is 13.3. The molecule has 0 aliphatic carbocycles. The average Bonchev–Trinajstić information content (AvgIpc) is 3.44. The summed E-state index contributed by atoms with van der Waals surface area (Å²) < 4.78 is 3.45. The first-order valence-electron chi connectivity index (χ1n) is 15.3. The fourth-order valence-electron chi connectivity index (χ4n) is 6.30. The van der Waals surface area contributed by atoms with Crippen molar-refractivity contribution in [3.05, 3.63) is 178 Å². The van der Waals surface area contributed by atoms with Gasteiger partial charge < -0.3 is 9.47 Å². The molecule has 1 heterocycles. The maximum absolute atomic E-state index is 6.23. The molecule has 8 rings (SSSR count). The van der Waals surface area contributed by atoms with Gasteiger partial charge in [-0.25, -0.2) is 0 Å². The number of fused-ring (bicyclic) bond motifs is 3. The van der Waals surface area contributed by atoms with Crippen molar-refractivity contribution in [2.24, 2.45) is 0 Å². The minimum atomic E-state index is 0.702. The van der Waals surface area contributed by atoms with Crippen molar-refractivity contribution in [3.63, 3.8) is 0 Å². The molecule has 0 unspecified atom stereocenters. The molecule has 2 nitrogen and oxygen atoms in total. The Morgan fingerprint density at radius 3 is 1.47 bits per heavy atom. The number of aromatic nitrogens is 1. The summed E-state index contributed by atoms with van der Waals surface area (Å²) >= 11 is 16.0. The van der Waals surface area contributed by atoms with E-state index < -0.39 is 0 Å². The topological polar surface area (TPSA) is 8.17 Å². The molecule has 47 heavy (non-hydrogen) atoms. The minimum absolute atomic E-state index is 0.702. The minimum Gasteiger partial charge on any atom is -0.311 e. The normalized spacial score (nSPS) is 11.3. The van der Waals surface area contributed by atoms with Crippen molar-refractivity contribution < 1.29 is 0 Å². The summed E-state index contributed by atoms with van der Waals surface area (Å²) in [5.74, 6) is 0. The molecule has 8 aromatic rings. The van der Waals surface area contributed by atoms with Crippen molar-refractivity contribution in [1.82, 2.24) is 4.57 Å². The Labute approximate surface area is 292 Å². The summed E-state index contributed by atoms with van der Waals surface area (Å²) in [5.41, 5.74) is 11.2. The van der Waals surface area contributed by atoms with Crippen LogP contribution in [0.15, 0.2) is 168 Å². The zero-order valence-corrected chi connectivity index (χ0v) is 28.2. The molecule has 7 aromatic carbocycles. The van der Waals surface area contributed by atoms with Crippen LogP contribution in [-0.2, 0) is 0 Å². The van der Waals surface area contributed by atoms with Crippen molar-refractivity contribution in [3.8, 4) is 27.9 Å². The number of anilines is 3. The van der Waals surface area contributed by atoms with Gasteiger partial charge in [-0.2, -0.15) is 0 Å². The number of nitrogens with zero attached hydrogens (tertiary/aromatic N) is 2.